The lowest BCUT2D eigenvalue weighted by atomic mass is 9.93. The number of aryl methyl sites for hydroxylation is 1. The second kappa shape index (κ2) is 11.3. The number of hydrogen-bond donors (Lipinski definition) is 1. The topological polar surface area (TPSA) is 120 Å². The molecule has 41 heavy (non-hydrogen) atoms. The summed E-state index contributed by atoms with van der Waals surface area (Å²) in [6.45, 7) is 0.465. The molecule has 210 valence electrons. The summed E-state index contributed by atoms with van der Waals surface area (Å²) in [5.74, 6) is 1.63. The third kappa shape index (κ3) is 5.69. The van der Waals surface area contributed by atoms with E-state index in [9.17, 15) is 9.90 Å². The van der Waals surface area contributed by atoms with E-state index in [2.05, 4.69) is 15.1 Å². The summed E-state index contributed by atoms with van der Waals surface area (Å²) in [6, 6.07) is 15.7. The van der Waals surface area contributed by atoms with Gasteiger partial charge in [0.15, 0.2) is 0 Å². The Bertz CT molecular complexity index is 1640. The summed E-state index contributed by atoms with van der Waals surface area (Å²) in [4.78, 5) is 21.5. The maximum absolute atomic E-state index is 11.6. The number of ether oxygens (including phenoxy) is 2. The molecular weight excluding hydrogens is 522 g/mol. The Hall–Kier alpha value is -4.93. The van der Waals surface area contributed by atoms with Crippen molar-refractivity contribution < 1.29 is 19.4 Å². The first kappa shape index (κ1) is 26.3. The highest BCUT2D eigenvalue weighted by Crippen LogP contribution is 2.36. The summed E-state index contributed by atoms with van der Waals surface area (Å²) in [5, 5.41) is 19.6. The standard InChI is InChI=1S/C30H31N7O4/c1-35-18-21(15-33-35)29-25-17-31-27(36(2)30(38)39)14-26(25)37(34-29)22-8-10-23(11-9-22)41-24-12-13-28(32-16-24)40-19-20-6-4-3-5-7-20/h3-7,12-18,22-23H,8-11,19H2,1-2H3,(H,38,39). The van der Waals surface area contributed by atoms with Crippen molar-refractivity contribution in [1.29, 1.82) is 0 Å². The van der Waals surface area contributed by atoms with E-state index in [0.29, 0.717) is 18.3 Å². The van der Waals surface area contributed by atoms with E-state index < -0.39 is 6.09 Å². The van der Waals surface area contributed by atoms with Gasteiger partial charge in [0.1, 0.15) is 23.9 Å². The molecule has 0 bridgehead atoms. The van der Waals surface area contributed by atoms with Crippen LogP contribution in [0.15, 0.2) is 73.3 Å². The molecule has 0 radical (unpaired) electrons. The van der Waals surface area contributed by atoms with E-state index in [0.717, 1.165) is 64.1 Å². The molecule has 4 heterocycles. The van der Waals surface area contributed by atoms with E-state index in [1.165, 1.54) is 7.05 Å². The molecule has 5 aromatic rings. The van der Waals surface area contributed by atoms with Crippen LogP contribution in [0.3, 0.4) is 0 Å². The van der Waals surface area contributed by atoms with Gasteiger partial charge in [-0.3, -0.25) is 14.3 Å². The smallest absolute Gasteiger partial charge is 0.412 e. The van der Waals surface area contributed by atoms with Gasteiger partial charge in [-0.25, -0.2) is 14.8 Å². The molecular formula is C30H31N7O4. The molecule has 1 fully saturated rings. The zero-order valence-corrected chi connectivity index (χ0v) is 22.9. The van der Waals surface area contributed by atoms with Crippen molar-refractivity contribution in [1.82, 2.24) is 29.5 Å². The molecule has 0 atom stereocenters. The minimum Gasteiger partial charge on any atom is -0.489 e. The molecule has 0 unspecified atom stereocenters. The third-order valence-electron chi connectivity index (χ3n) is 7.42. The maximum atomic E-state index is 11.6. The lowest BCUT2D eigenvalue weighted by Gasteiger charge is -2.29. The summed E-state index contributed by atoms with van der Waals surface area (Å²) in [6.07, 6.45) is 9.54. The molecule has 11 heteroatoms. The van der Waals surface area contributed by atoms with E-state index in [4.69, 9.17) is 14.6 Å². The quantitative estimate of drug-likeness (QED) is 0.268. The van der Waals surface area contributed by atoms with Crippen molar-refractivity contribution in [2.45, 2.75) is 44.4 Å². The fraction of sp³-hybridized carbons (Fsp3) is 0.300. The summed E-state index contributed by atoms with van der Waals surface area (Å²) in [7, 11) is 3.35. The number of amides is 1. The van der Waals surface area contributed by atoms with Gasteiger partial charge in [0.25, 0.3) is 0 Å². The number of carboxylic acid groups (broad SMARTS) is 1. The van der Waals surface area contributed by atoms with E-state index in [-0.39, 0.29) is 12.1 Å². The molecule has 0 spiro atoms. The Labute approximate surface area is 237 Å². The maximum Gasteiger partial charge on any atom is 0.412 e. The number of benzene rings is 1. The molecule has 0 aliphatic heterocycles. The fourth-order valence-electron chi connectivity index (χ4n) is 5.19. The number of fused-ring (bicyclic) bond motifs is 1. The van der Waals surface area contributed by atoms with Crippen LogP contribution in [0.4, 0.5) is 10.6 Å². The molecule has 1 amide bonds. The van der Waals surface area contributed by atoms with E-state index in [1.54, 1.807) is 29.3 Å². The molecule has 0 saturated heterocycles. The van der Waals surface area contributed by atoms with Gasteiger partial charge in [0, 0.05) is 49.6 Å². The van der Waals surface area contributed by atoms with Crippen LogP contribution in [-0.2, 0) is 13.7 Å². The Morgan fingerprint density at radius 3 is 2.54 bits per heavy atom. The Kier molecular flexibility index (Phi) is 7.24. The number of aromatic nitrogens is 6. The van der Waals surface area contributed by atoms with Gasteiger partial charge in [-0.15, -0.1) is 0 Å². The van der Waals surface area contributed by atoms with E-state index in [1.807, 2.05) is 60.4 Å². The first-order valence-electron chi connectivity index (χ1n) is 13.6. The highest BCUT2D eigenvalue weighted by atomic mass is 16.5. The van der Waals surface area contributed by atoms with Crippen molar-refractivity contribution >= 4 is 22.8 Å². The highest BCUT2D eigenvalue weighted by molar-refractivity contribution is 5.95. The van der Waals surface area contributed by atoms with Crippen molar-refractivity contribution in [3.8, 4) is 22.9 Å². The van der Waals surface area contributed by atoms with Gasteiger partial charge in [-0.1, -0.05) is 30.3 Å². The van der Waals surface area contributed by atoms with Crippen LogP contribution in [-0.4, -0.2) is 53.9 Å². The fourth-order valence-corrected chi connectivity index (χ4v) is 5.19. The van der Waals surface area contributed by atoms with Gasteiger partial charge in [-0.05, 0) is 37.3 Å². The second-order valence-corrected chi connectivity index (χ2v) is 10.3. The molecule has 6 rings (SSSR count). The van der Waals surface area contributed by atoms with Crippen molar-refractivity contribution in [2.75, 3.05) is 11.9 Å². The zero-order chi connectivity index (χ0) is 28.3. The Morgan fingerprint density at radius 1 is 1.05 bits per heavy atom. The SMILES string of the molecule is CN(C(=O)O)c1cc2c(cn1)c(-c1cnn(C)c1)nn2C1CCC(Oc2ccc(OCc3ccccc3)nc2)CC1. The number of anilines is 1. The van der Waals surface area contributed by atoms with Crippen LogP contribution < -0.4 is 14.4 Å². The van der Waals surface area contributed by atoms with Crippen LogP contribution in [0.25, 0.3) is 22.2 Å². The van der Waals surface area contributed by atoms with Crippen LogP contribution in [0, 0.1) is 0 Å². The number of rotatable bonds is 8. The number of pyridine rings is 2. The molecule has 1 aliphatic rings. The van der Waals surface area contributed by atoms with Gasteiger partial charge >= 0.3 is 6.09 Å². The van der Waals surface area contributed by atoms with Crippen molar-refractivity contribution in [2.24, 2.45) is 7.05 Å². The summed E-state index contributed by atoms with van der Waals surface area (Å²) < 4.78 is 15.8. The number of carbonyl (C=O) groups is 1. The van der Waals surface area contributed by atoms with Crippen LogP contribution in [0.2, 0.25) is 0 Å². The summed E-state index contributed by atoms with van der Waals surface area (Å²) >= 11 is 0. The monoisotopic (exact) mass is 553 g/mol. The van der Waals surface area contributed by atoms with Crippen LogP contribution in [0.1, 0.15) is 37.3 Å². The predicted molar refractivity (Wildman–Crippen MR) is 153 cm³/mol. The average molecular weight is 554 g/mol. The number of nitrogens with zero attached hydrogens (tertiary/aromatic N) is 7. The molecule has 1 N–H and O–H groups in total. The zero-order valence-electron chi connectivity index (χ0n) is 22.9. The van der Waals surface area contributed by atoms with Crippen molar-refractivity contribution in [3.63, 3.8) is 0 Å². The first-order valence-corrected chi connectivity index (χ1v) is 13.6. The summed E-state index contributed by atoms with van der Waals surface area (Å²) in [5.41, 5.74) is 3.61. The second-order valence-electron chi connectivity index (χ2n) is 10.3. The minimum absolute atomic E-state index is 0.0686. The molecule has 1 aromatic carbocycles. The molecule has 11 nitrogen and oxygen atoms in total. The molecule has 4 aromatic heterocycles. The lowest BCUT2D eigenvalue weighted by Crippen LogP contribution is -2.26. The van der Waals surface area contributed by atoms with Gasteiger partial charge in [0.2, 0.25) is 5.88 Å². The predicted octanol–water partition coefficient (Wildman–Crippen LogP) is 5.48. The average Bonchev–Trinajstić information content (AvgIpc) is 3.60. The third-order valence-corrected chi connectivity index (χ3v) is 7.42. The van der Waals surface area contributed by atoms with E-state index >= 15 is 0 Å². The van der Waals surface area contributed by atoms with Crippen molar-refractivity contribution in [3.05, 3.63) is 78.9 Å². The first-order chi connectivity index (χ1) is 19.9. The largest absolute Gasteiger partial charge is 0.489 e. The Balaban J connectivity index is 1.15. The van der Waals surface area contributed by atoms with Gasteiger partial charge < -0.3 is 14.6 Å². The molecule has 1 saturated carbocycles. The Morgan fingerprint density at radius 2 is 1.85 bits per heavy atom. The van der Waals surface area contributed by atoms with Crippen LogP contribution >= 0.6 is 0 Å². The molecule has 1 aliphatic carbocycles. The van der Waals surface area contributed by atoms with Gasteiger partial charge in [0.05, 0.1) is 30.1 Å². The lowest BCUT2D eigenvalue weighted by molar-refractivity contribution is 0.130. The minimum atomic E-state index is -1.07. The van der Waals surface area contributed by atoms with Gasteiger partial charge in [-0.2, -0.15) is 10.2 Å². The highest BCUT2D eigenvalue weighted by Gasteiger charge is 2.27. The number of hydrogen-bond acceptors (Lipinski definition) is 7. The van der Waals surface area contributed by atoms with Crippen LogP contribution in [0.5, 0.6) is 11.6 Å². The normalized spacial score (nSPS) is 16.9.